The van der Waals surface area contributed by atoms with Gasteiger partial charge in [-0.2, -0.15) is 0 Å². The highest BCUT2D eigenvalue weighted by molar-refractivity contribution is 5.94. The number of carbonyl (C=O) groups excluding carboxylic acids is 3. The number of likely N-dealkylation sites (N-methyl/N-ethyl adjacent to an activating group) is 1. The number of amides is 3. The van der Waals surface area contributed by atoms with Crippen LogP contribution in [0.4, 0.5) is 0 Å². The highest BCUT2D eigenvalue weighted by Crippen LogP contribution is 2.30. The number of aromatic nitrogens is 1. The summed E-state index contributed by atoms with van der Waals surface area (Å²) in [5.74, 6) is 0.0157. The van der Waals surface area contributed by atoms with Crippen molar-refractivity contribution in [2.75, 3.05) is 33.7 Å². The zero-order valence-corrected chi connectivity index (χ0v) is 15.8. The fraction of sp³-hybridized carbons (Fsp3) is 0.667. The van der Waals surface area contributed by atoms with Gasteiger partial charge in [-0.25, -0.2) is 4.98 Å². The van der Waals surface area contributed by atoms with Gasteiger partial charge in [0, 0.05) is 39.1 Å². The molecule has 3 saturated heterocycles. The minimum absolute atomic E-state index is 0.0315. The average molecular weight is 362 g/mol. The van der Waals surface area contributed by atoms with Crippen LogP contribution in [0.15, 0.2) is 10.8 Å². The summed E-state index contributed by atoms with van der Waals surface area (Å²) in [4.78, 5) is 46.8. The van der Waals surface area contributed by atoms with E-state index in [9.17, 15) is 14.4 Å². The minimum atomic E-state index is -0.262. The van der Waals surface area contributed by atoms with E-state index >= 15 is 0 Å². The van der Waals surface area contributed by atoms with Gasteiger partial charge in [0.2, 0.25) is 11.8 Å². The number of carbonyl (C=O) groups is 3. The largest absolute Gasteiger partial charge is 0.447 e. The lowest BCUT2D eigenvalue weighted by atomic mass is 9.94. The minimum Gasteiger partial charge on any atom is -0.447 e. The summed E-state index contributed by atoms with van der Waals surface area (Å²) in [5.41, 5.74) is 0.324. The summed E-state index contributed by atoms with van der Waals surface area (Å²) in [7, 11) is 3.35. The fourth-order valence-corrected chi connectivity index (χ4v) is 3.68. The van der Waals surface area contributed by atoms with Gasteiger partial charge in [-0.15, -0.1) is 0 Å². The van der Waals surface area contributed by atoms with Crippen LogP contribution >= 0.6 is 0 Å². The normalized spacial score (nSPS) is 22.7. The summed E-state index contributed by atoms with van der Waals surface area (Å²) >= 11 is 0. The van der Waals surface area contributed by atoms with Crippen LogP contribution in [0.25, 0.3) is 0 Å². The molecule has 0 N–H and O–H groups in total. The van der Waals surface area contributed by atoms with E-state index in [4.69, 9.17) is 4.42 Å². The predicted octanol–water partition coefficient (Wildman–Crippen LogP) is 0.949. The number of oxazole rings is 1. The van der Waals surface area contributed by atoms with E-state index in [1.165, 1.54) is 11.3 Å². The Hall–Kier alpha value is -2.38. The van der Waals surface area contributed by atoms with Crippen molar-refractivity contribution in [3.05, 3.63) is 17.8 Å². The van der Waals surface area contributed by atoms with Crippen LogP contribution in [0.1, 0.15) is 48.9 Å². The Morgan fingerprint density at radius 3 is 2.69 bits per heavy atom. The Morgan fingerprint density at radius 2 is 2.04 bits per heavy atom. The van der Waals surface area contributed by atoms with Crippen molar-refractivity contribution in [3.8, 4) is 0 Å². The molecule has 142 valence electrons. The molecule has 3 aliphatic heterocycles. The summed E-state index contributed by atoms with van der Waals surface area (Å²) in [6.45, 7) is 4.75. The van der Waals surface area contributed by atoms with Gasteiger partial charge >= 0.3 is 0 Å². The maximum Gasteiger partial charge on any atom is 0.276 e. The predicted molar refractivity (Wildman–Crippen MR) is 93.4 cm³/mol. The number of rotatable bonds is 4. The number of fused-ring (bicyclic) bond motifs is 4. The zero-order chi connectivity index (χ0) is 19.0. The average Bonchev–Trinajstić information content (AvgIpc) is 2.93. The van der Waals surface area contributed by atoms with Crippen LogP contribution in [-0.4, -0.2) is 77.2 Å². The lowest BCUT2D eigenvalue weighted by Crippen LogP contribution is -2.51. The Labute approximate surface area is 153 Å². The van der Waals surface area contributed by atoms with E-state index in [0.29, 0.717) is 24.5 Å². The molecule has 3 amide bonds. The Balaban J connectivity index is 1.81. The SMILES string of the molecule is CC(C)c1ocnc1C(=O)N1C[C@H]2CC[C@@H](C1)N(CC(=O)N(C)C)C2=O. The van der Waals surface area contributed by atoms with Crippen molar-refractivity contribution >= 4 is 17.7 Å². The van der Waals surface area contributed by atoms with Crippen LogP contribution in [-0.2, 0) is 9.59 Å². The third kappa shape index (κ3) is 3.32. The molecule has 0 radical (unpaired) electrons. The van der Waals surface area contributed by atoms with Crippen molar-refractivity contribution in [1.82, 2.24) is 19.7 Å². The number of nitrogens with zero attached hydrogens (tertiary/aromatic N) is 4. The van der Waals surface area contributed by atoms with Crippen molar-refractivity contribution in [1.29, 1.82) is 0 Å². The highest BCUT2D eigenvalue weighted by Gasteiger charge is 2.43. The van der Waals surface area contributed by atoms with Crippen molar-refractivity contribution in [3.63, 3.8) is 0 Å². The first-order valence-electron chi connectivity index (χ1n) is 9.02. The molecule has 0 aromatic carbocycles. The van der Waals surface area contributed by atoms with Gasteiger partial charge < -0.3 is 19.1 Å². The fourth-order valence-electron chi connectivity index (χ4n) is 3.68. The van der Waals surface area contributed by atoms with Crippen LogP contribution < -0.4 is 0 Å². The van der Waals surface area contributed by atoms with E-state index in [1.54, 1.807) is 23.9 Å². The van der Waals surface area contributed by atoms with E-state index < -0.39 is 0 Å². The molecule has 26 heavy (non-hydrogen) atoms. The molecule has 1 aromatic heterocycles. The molecule has 2 bridgehead atoms. The van der Waals surface area contributed by atoms with Gasteiger partial charge in [-0.1, -0.05) is 13.8 Å². The molecule has 0 aliphatic carbocycles. The van der Waals surface area contributed by atoms with E-state index in [-0.39, 0.29) is 42.1 Å². The maximum absolute atomic E-state index is 13.0. The second kappa shape index (κ2) is 7.09. The lowest BCUT2D eigenvalue weighted by Gasteiger charge is -2.35. The second-order valence-electron chi connectivity index (χ2n) is 7.61. The van der Waals surface area contributed by atoms with Gasteiger partial charge in [0.25, 0.3) is 5.91 Å². The molecular formula is C18H26N4O4. The van der Waals surface area contributed by atoms with E-state index in [2.05, 4.69) is 4.98 Å². The van der Waals surface area contributed by atoms with Gasteiger partial charge in [0.05, 0.1) is 5.92 Å². The Bertz CT molecular complexity index is 712. The highest BCUT2D eigenvalue weighted by atomic mass is 16.3. The molecule has 1 aromatic rings. The number of piperidine rings is 1. The summed E-state index contributed by atoms with van der Waals surface area (Å²) in [6, 6.07) is -0.136. The molecular weight excluding hydrogens is 336 g/mol. The molecule has 4 heterocycles. The summed E-state index contributed by atoms with van der Waals surface area (Å²) < 4.78 is 5.37. The third-order valence-corrected chi connectivity index (χ3v) is 5.21. The van der Waals surface area contributed by atoms with Gasteiger partial charge in [-0.05, 0) is 12.8 Å². The monoisotopic (exact) mass is 362 g/mol. The molecule has 3 aliphatic rings. The number of hydrogen-bond donors (Lipinski definition) is 0. The van der Waals surface area contributed by atoms with Gasteiger partial charge in [0.15, 0.2) is 12.1 Å². The molecule has 4 rings (SSSR count). The topological polar surface area (TPSA) is 87.0 Å². The first kappa shape index (κ1) is 18.4. The van der Waals surface area contributed by atoms with Crippen LogP contribution in [0, 0.1) is 5.92 Å². The van der Waals surface area contributed by atoms with Gasteiger partial charge in [0.1, 0.15) is 12.3 Å². The Morgan fingerprint density at radius 1 is 1.31 bits per heavy atom. The number of hydrogen-bond acceptors (Lipinski definition) is 5. The standard InChI is InChI=1S/C18H26N4O4/c1-11(2)16-15(19-10-26-16)18(25)21-7-12-5-6-13(8-21)22(17(12)24)9-14(23)20(3)4/h10-13H,5-9H2,1-4H3/t12-,13+/m1/s1. The first-order valence-corrected chi connectivity index (χ1v) is 9.02. The summed E-state index contributed by atoms with van der Waals surface area (Å²) in [6.07, 6.45) is 2.84. The smallest absolute Gasteiger partial charge is 0.276 e. The third-order valence-electron chi connectivity index (χ3n) is 5.21. The lowest BCUT2D eigenvalue weighted by molar-refractivity contribution is -0.145. The van der Waals surface area contributed by atoms with E-state index in [1.807, 2.05) is 13.8 Å². The van der Waals surface area contributed by atoms with E-state index in [0.717, 1.165) is 12.8 Å². The quantitative estimate of drug-likeness (QED) is 0.796. The van der Waals surface area contributed by atoms with Gasteiger partial charge in [-0.3, -0.25) is 14.4 Å². The molecule has 0 spiro atoms. The zero-order valence-electron chi connectivity index (χ0n) is 15.8. The first-order chi connectivity index (χ1) is 12.3. The summed E-state index contributed by atoms with van der Waals surface area (Å²) in [5, 5.41) is 0. The van der Waals surface area contributed by atoms with Crippen molar-refractivity contribution in [2.45, 2.75) is 38.6 Å². The molecule has 8 nitrogen and oxygen atoms in total. The van der Waals surface area contributed by atoms with Crippen molar-refractivity contribution in [2.24, 2.45) is 5.92 Å². The second-order valence-corrected chi connectivity index (χ2v) is 7.61. The van der Waals surface area contributed by atoms with Crippen LogP contribution in [0.2, 0.25) is 0 Å². The molecule has 3 fully saturated rings. The maximum atomic E-state index is 13.0. The van der Waals surface area contributed by atoms with Crippen LogP contribution in [0.5, 0.6) is 0 Å². The molecule has 0 unspecified atom stereocenters. The molecule has 2 atom stereocenters. The van der Waals surface area contributed by atoms with Crippen LogP contribution in [0.3, 0.4) is 0 Å². The molecule has 8 heteroatoms. The van der Waals surface area contributed by atoms with Crippen molar-refractivity contribution < 1.29 is 18.8 Å². The molecule has 0 saturated carbocycles. The Kier molecular flexibility index (Phi) is 5.02.